The smallest absolute Gasteiger partial charge is 0.410 e. The van der Waals surface area contributed by atoms with Crippen LogP contribution in [-0.2, 0) is 44.6 Å². The summed E-state index contributed by atoms with van der Waals surface area (Å²) >= 11 is 1.48. The molecule has 0 spiro atoms. The average molecular weight is 864 g/mol. The molecule has 3 aliphatic heterocycles. The van der Waals surface area contributed by atoms with Crippen molar-refractivity contribution in [2.45, 2.75) is 168 Å². The minimum atomic E-state index is -1.38. The van der Waals surface area contributed by atoms with E-state index in [0.29, 0.717) is 44.5 Å². The molecule has 3 saturated heterocycles. The molecule has 3 aliphatic rings. The Morgan fingerprint density at radius 1 is 1.12 bits per heavy atom. The molecule has 2 aromatic rings. The van der Waals surface area contributed by atoms with Gasteiger partial charge in [0.2, 0.25) is 5.91 Å². The van der Waals surface area contributed by atoms with Crippen molar-refractivity contribution in [2.24, 2.45) is 11.8 Å². The molecule has 0 saturated carbocycles. The Labute approximate surface area is 359 Å². The zero-order valence-electron chi connectivity index (χ0n) is 36.5. The van der Waals surface area contributed by atoms with Crippen LogP contribution in [0.2, 0.25) is 0 Å². The van der Waals surface area contributed by atoms with Gasteiger partial charge < -0.3 is 38.6 Å². The Bertz CT molecular complexity index is 1750. The number of aryl methyl sites for hydroxylation is 1. The number of likely N-dealkylation sites (N-methyl/N-ethyl adjacent to an activating group) is 1. The number of Topliss-reactive ketones (excluding diaryl/α,β-unsaturated/α-hetero) is 1. The standard InChI is InChI=1S/C41H65N7O10S.CH4/c1-12-32-41(8)35(47(39(53)58-41)17-14-13-16-46-23-29(43-44-46)36-42-15-18-59-36)27(5)48(28(6)49)22-24(2)21-40(7,54-11)33(20-31(50)26(4)37(52)56-32)57-38-34(51)30(45(9)10)19-25(3)55-38;/h15,18,23-27,30,32-35,38,51H,12-14,16-17,19-22H2,1-11H3;1H4/t24-,25-,26-,27-,30?,32-,33-,34?,35-,38+,40-,41-;/m1./s1. The number of rotatable bonds is 11. The summed E-state index contributed by atoms with van der Waals surface area (Å²) in [6, 6.07) is -1.56. The van der Waals surface area contributed by atoms with E-state index in [2.05, 4.69) is 15.3 Å². The van der Waals surface area contributed by atoms with Crippen molar-refractivity contribution in [3.8, 4) is 10.7 Å². The largest absolute Gasteiger partial charge is 0.458 e. The number of unbranched alkanes of at least 4 members (excludes halogenated alkanes) is 1. The van der Waals surface area contributed by atoms with Gasteiger partial charge in [-0.15, -0.1) is 16.4 Å². The number of carbonyl (C=O) groups is 4. The van der Waals surface area contributed by atoms with Gasteiger partial charge in [-0.1, -0.05) is 26.5 Å². The number of amides is 2. The van der Waals surface area contributed by atoms with Gasteiger partial charge in [-0.25, -0.2) is 9.78 Å². The predicted octanol–water partition coefficient (Wildman–Crippen LogP) is 4.81. The molecule has 338 valence electrons. The van der Waals surface area contributed by atoms with Crippen LogP contribution >= 0.6 is 11.3 Å². The van der Waals surface area contributed by atoms with Crippen LogP contribution < -0.4 is 0 Å². The van der Waals surface area contributed by atoms with Crippen LogP contribution in [0.25, 0.3) is 10.7 Å². The van der Waals surface area contributed by atoms with Crippen molar-refractivity contribution in [3.63, 3.8) is 0 Å². The van der Waals surface area contributed by atoms with Gasteiger partial charge in [-0.3, -0.25) is 24.0 Å². The summed E-state index contributed by atoms with van der Waals surface area (Å²) in [7, 11) is 5.30. The molecule has 2 aromatic heterocycles. The average Bonchev–Trinajstić information content (AvgIpc) is 3.94. The monoisotopic (exact) mass is 863 g/mol. The fraction of sp³-hybridized carbons (Fsp3) is 0.786. The molecule has 5 heterocycles. The summed E-state index contributed by atoms with van der Waals surface area (Å²) in [5.41, 5.74) is -1.82. The number of carbonyl (C=O) groups excluding carboxylic acids is 4. The highest BCUT2D eigenvalue weighted by molar-refractivity contribution is 7.13. The highest BCUT2D eigenvalue weighted by Gasteiger charge is 2.59. The van der Waals surface area contributed by atoms with Crippen LogP contribution in [0, 0.1) is 11.8 Å². The number of aliphatic hydroxyl groups is 1. The van der Waals surface area contributed by atoms with Gasteiger partial charge in [-0.05, 0) is 86.7 Å². The van der Waals surface area contributed by atoms with E-state index < -0.39 is 71.7 Å². The van der Waals surface area contributed by atoms with Gasteiger partial charge in [0, 0.05) is 57.7 Å². The number of nitrogens with zero attached hydrogens (tertiary/aromatic N) is 7. The highest BCUT2D eigenvalue weighted by atomic mass is 32.1. The summed E-state index contributed by atoms with van der Waals surface area (Å²) in [5, 5.41) is 22.5. The van der Waals surface area contributed by atoms with Gasteiger partial charge in [0.1, 0.15) is 34.6 Å². The summed E-state index contributed by atoms with van der Waals surface area (Å²) in [6.45, 7) is 15.3. The van der Waals surface area contributed by atoms with Gasteiger partial charge in [0.05, 0.1) is 36.1 Å². The molecule has 1 N–H and O–H groups in total. The van der Waals surface area contributed by atoms with Crippen LogP contribution in [0.1, 0.15) is 101 Å². The minimum Gasteiger partial charge on any atom is -0.458 e. The maximum absolute atomic E-state index is 14.1. The summed E-state index contributed by atoms with van der Waals surface area (Å²) in [5.74, 6) is -2.84. The van der Waals surface area contributed by atoms with E-state index in [1.807, 2.05) is 65.2 Å². The van der Waals surface area contributed by atoms with E-state index in [9.17, 15) is 24.3 Å². The molecular weight excluding hydrogens is 795 g/mol. The Hall–Kier alpha value is -3.55. The highest BCUT2D eigenvalue weighted by Crippen LogP contribution is 2.41. The molecule has 0 bridgehead atoms. The van der Waals surface area contributed by atoms with E-state index in [1.54, 1.807) is 27.6 Å². The van der Waals surface area contributed by atoms with Crippen molar-refractivity contribution < 1.29 is 48.0 Å². The van der Waals surface area contributed by atoms with Crippen molar-refractivity contribution in [1.82, 2.24) is 34.7 Å². The molecular formula is C42H69N7O10S. The van der Waals surface area contributed by atoms with E-state index in [4.69, 9.17) is 23.7 Å². The number of hydrogen-bond acceptors (Lipinski definition) is 15. The number of thiazole rings is 1. The number of esters is 1. The van der Waals surface area contributed by atoms with Crippen LogP contribution in [0.3, 0.4) is 0 Å². The third-order valence-electron chi connectivity index (χ3n) is 12.5. The molecule has 60 heavy (non-hydrogen) atoms. The summed E-state index contributed by atoms with van der Waals surface area (Å²) in [6.07, 6.45) is 0.943. The van der Waals surface area contributed by atoms with Gasteiger partial charge in [-0.2, -0.15) is 0 Å². The summed E-state index contributed by atoms with van der Waals surface area (Å²) < 4.78 is 33.0. The number of aromatic nitrogens is 4. The molecule has 2 amide bonds. The van der Waals surface area contributed by atoms with Crippen molar-refractivity contribution >= 4 is 35.1 Å². The van der Waals surface area contributed by atoms with Crippen LogP contribution in [0.4, 0.5) is 4.79 Å². The maximum Gasteiger partial charge on any atom is 0.410 e. The Kier molecular flexibility index (Phi) is 16.8. The van der Waals surface area contributed by atoms with Crippen LogP contribution in [0.15, 0.2) is 17.8 Å². The molecule has 12 atom stereocenters. The predicted molar refractivity (Wildman–Crippen MR) is 225 cm³/mol. The zero-order valence-corrected chi connectivity index (χ0v) is 37.3. The summed E-state index contributed by atoms with van der Waals surface area (Å²) in [4.78, 5) is 65.3. The van der Waals surface area contributed by atoms with Crippen molar-refractivity contribution in [2.75, 3.05) is 34.3 Å². The number of ketones is 1. The van der Waals surface area contributed by atoms with Gasteiger partial charge in [0.25, 0.3) is 0 Å². The second-order valence-electron chi connectivity index (χ2n) is 17.3. The molecule has 2 unspecified atom stereocenters. The van der Waals surface area contributed by atoms with Gasteiger partial charge >= 0.3 is 12.1 Å². The maximum atomic E-state index is 14.1. The quantitative estimate of drug-likeness (QED) is 0.184. The van der Waals surface area contributed by atoms with Crippen LogP contribution in [0.5, 0.6) is 0 Å². The number of ether oxygens (including phenoxy) is 5. The first-order valence-electron chi connectivity index (χ1n) is 20.8. The number of methoxy groups -OCH3 is 1. The molecule has 5 rings (SSSR count). The van der Waals surface area contributed by atoms with E-state index in [-0.39, 0.29) is 50.8 Å². The van der Waals surface area contributed by atoms with E-state index >= 15 is 0 Å². The third-order valence-corrected chi connectivity index (χ3v) is 13.3. The molecule has 18 heteroatoms. The lowest BCUT2D eigenvalue weighted by Crippen LogP contribution is -2.62. The van der Waals surface area contributed by atoms with E-state index in [1.165, 1.54) is 32.3 Å². The SMILES string of the molecule is C.CC[C@H]1OC(=O)[C@H](C)C(=O)C[C@@H](O[C@@H]2O[C@H](C)CC(N(C)C)C2O)[C@](C)(OC)C[C@@H](C)CN(C(C)=O)[C@H](C)[C@H]2N(CCCCn3cc(-c4nccs4)nn3)C(=O)O[C@]12C. The molecule has 3 fully saturated rings. The fourth-order valence-electron chi connectivity index (χ4n) is 9.12. The molecule has 0 radical (unpaired) electrons. The van der Waals surface area contributed by atoms with Crippen LogP contribution in [-0.4, -0.2) is 158 Å². The molecule has 0 aliphatic carbocycles. The Morgan fingerprint density at radius 3 is 2.43 bits per heavy atom. The van der Waals surface area contributed by atoms with Gasteiger partial charge in [0.15, 0.2) is 11.9 Å². The van der Waals surface area contributed by atoms with Crippen molar-refractivity contribution in [3.05, 3.63) is 17.8 Å². The number of fused-ring (bicyclic) bond motifs is 1. The number of hydrogen-bond donors (Lipinski definition) is 1. The first-order chi connectivity index (χ1) is 27.8. The third kappa shape index (κ3) is 10.7. The Morgan fingerprint density at radius 2 is 1.82 bits per heavy atom. The van der Waals surface area contributed by atoms with E-state index in [0.717, 1.165) is 5.01 Å². The lowest BCUT2D eigenvalue weighted by molar-refractivity contribution is -0.289. The topological polar surface area (TPSA) is 188 Å². The molecule has 17 nitrogen and oxygen atoms in total. The lowest BCUT2D eigenvalue weighted by Gasteiger charge is -2.46. The number of aliphatic hydroxyl groups excluding tert-OH is 1. The number of cyclic esters (lactones) is 1. The zero-order chi connectivity index (χ0) is 43.4. The lowest BCUT2D eigenvalue weighted by atomic mass is 9.82. The Balaban J connectivity index is 0.00000794. The second kappa shape index (κ2) is 20.5. The normalized spacial score (nSPS) is 34.6. The molecule has 0 aromatic carbocycles. The fourth-order valence-corrected chi connectivity index (χ4v) is 9.71. The first kappa shape index (κ1) is 49.1. The first-order valence-corrected chi connectivity index (χ1v) is 21.7. The second-order valence-corrected chi connectivity index (χ2v) is 18.2. The minimum absolute atomic E-state index is 0. The van der Waals surface area contributed by atoms with Crippen molar-refractivity contribution in [1.29, 1.82) is 0 Å².